The molecule has 1 aliphatic carbocycles. The summed E-state index contributed by atoms with van der Waals surface area (Å²) in [4.78, 5) is 21.2. The van der Waals surface area contributed by atoms with E-state index in [1.165, 1.54) is 0 Å². The molecule has 1 saturated carbocycles. The van der Waals surface area contributed by atoms with Crippen molar-refractivity contribution in [2.75, 3.05) is 46.1 Å². The van der Waals surface area contributed by atoms with E-state index < -0.39 is 24.9 Å². The maximum Gasteiger partial charge on any atom is 0.406 e. The monoisotopic (exact) mass is 616 g/mol. The van der Waals surface area contributed by atoms with Crippen LogP contribution in [0.15, 0.2) is 47.2 Å². The molecule has 2 N–H and O–H groups in total. The first kappa shape index (κ1) is 30.1. The lowest BCUT2D eigenvalue weighted by Crippen LogP contribution is -2.46. The summed E-state index contributed by atoms with van der Waals surface area (Å²) in [6, 6.07) is 7.79. The summed E-state index contributed by atoms with van der Waals surface area (Å²) in [6.07, 6.45) is 0.729. The maximum absolute atomic E-state index is 14.8. The fourth-order valence-electron chi connectivity index (χ4n) is 6.11. The van der Waals surface area contributed by atoms with Crippen molar-refractivity contribution in [2.45, 2.75) is 56.3 Å². The second kappa shape index (κ2) is 11.5. The highest BCUT2D eigenvalue weighted by Crippen LogP contribution is 2.44. The van der Waals surface area contributed by atoms with Crippen molar-refractivity contribution < 1.29 is 26.9 Å². The summed E-state index contributed by atoms with van der Waals surface area (Å²) in [5, 5.41) is 10.4. The summed E-state index contributed by atoms with van der Waals surface area (Å²) in [6.45, 7) is 0.492. The number of nitrogens with one attached hydrogen (secondary N) is 2. The van der Waals surface area contributed by atoms with Crippen LogP contribution >= 0.6 is 0 Å². The Hall–Kier alpha value is -3.91. The van der Waals surface area contributed by atoms with Crippen molar-refractivity contribution in [1.82, 2.24) is 34.4 Å². The van der Waals surface area contributed by atoms with Gasteiger partial charge < -0.3 is 34.1 Å². The van der Waals surface area contributed by atoms with Gasteiger partial charge in [-0.05, 0) is 64.7 Å². The summed E-state index contributed by atoms with van der Waals surface area (Å²) in [5.74, 6) is -0.326. The van der Waals surface area contributed by atoms with Gasteiger partial charge in [0, 0.05) is 43.1 Å². The lowest BCUT2D eigenvalue weighted by Gasteiger charge is -2.33. The molecule has 0 spiro atoms. The summed E-state index contributed by atoms with van der Waals surface area (Å²) in [7, 11) is 5.89. The van der Waals surface area contributed by atoms with Gasteiger partial charge >= 0.3 is 6.18 Å². The molecule has 14 heteroatoms. The third-order valence-electron chi connectivity index (χ3n) is 8.41. The fraction of sp³-hybridized carbons (Fsp3) is 0.500. The molecule has 4 heterocycles. The van der Waals surface area contributed by atoms with Crippen LogP contribution in [-0.2, 0) is 18.6 Å². The Morgan fingerprint density at radius 1 is 1.23 bits per heavy atom. The van der Waals surface area contributed by atoms with Crippen molar-refractivity contribution in [1.29, 1.82) is 0 Å². The van der Waals surface area contributed by atoms with E-state index in [1.54, 1.807) is 30.3 Å². The van der Waals surface area contributed by atoms with Gasteiger partial charge in [0.2, 0.25) is 11.7 Å². The quantitative estimate of drug-likeness (QED) is 0.254. The zero-order chi connectivity index (χ0) is 31.2. The summed E-state index contributed by atoms with van der Waals surface area (Å²) >= 11 is 0. The number of carbonyl (C=O) groups is 1. The molecule has 44 heavy (non-hydrogen) atoms. The number of hydrogen-bond donors (Lipinski definition) is 2. The maximum atomic E-state index is 14.8. The van der Waals surface area contributed by atoms with Gasteiger partial charge in [0.1, 0.15) is 12.7 Å². The molecular formula is C30H36F4N8O2. The first-order valence-corrected chi connectivity index (χ1v) is 14.6. The van der Waals surface area contributed by atoms with Crippen LogP contribution in [0.5, 0.6) is 0 Å². The lowest BCUT2D eigenvalue weighted by molar-refractivity contribution is -0.139. The molecule has 1 saturated heterocycles. The average Bonchev–Trinajstić information content (AvgIpc) is 3.31. The number of alkyl halides is 4. The normalized spacial score (nSPS) is 20.4. The lowest BCUT2D eigenvalue weighted by atomic mass is 10.0. The second-order valence-corrected chi connectivity index (χ2v) is 12.3. The Kier molecular flexibility index (Phi) is 7.91. The van der Waals surface area contributed by atoms with E-state index in [9.17, 15) is 22.4 Å². The van der Waals surface area contributed by atoms with Crippen molar-refractivity contribution in [3.8, 4) is 11.5 Å². The number of amides is 1. The van der Waals surface area contributed by atoms with Gasteiger partial charge in [0.05, 0.1) is 34.9 Å². The second-order valence-electron chi connectivity index (χ2n) is 12.3. The first-order valence-electron chi connectivity index (χ1n) is 14.6. The Bertz CT molecular complexity index is 1640. The standard InChI is InChI=1S/C30H36F4N8O2/c1-39(2)17-29(9-10-29)41-12-7-19(15-41)28(43)35-14-26-37-27(38-44-26)25-13-20-22(36-23-8-11-40(3)16-21(23)31)5-4-6-24(20)42(25)18-30(32,33)34/h4-7,12-13,15,21,23,36H,8-11,14,16-18H2,1-3H3,(H,35,43)/t21-,23+/m0/s1. The highest BCUT2D eigenvalue weighted by Gasteiger charge is 2.44. The number of fused-ring (bicyclic) bond motifs is 1. The van der Waals surface area contributed by atoms with E-state index in [-0.39, 0.29) is 41.9 Å². The van der Waals surface area contributed by atoms with E-state index in [0.717, 1.165) is 24.0 Å². The average molecular weight is 617 g/mol. The van der Waals surface area contributed by atoms with Gasteiger partial charge in [0.25, 0.3) is 5.91 Å². The number of nitrogens with zero attached hydrogens (tertiary/aromatic N) is 6. The number of aromatic nitrogens is 4. The molecule has 236 valence electrons. The third-order valence-corrected chi connectivity index (χ3v) is 8.41. The van der Waals surface area contributed by atoms with E-state index in [1.807, 2.05) is 38.4 Å². The molecule has 1 amide bonds. The van der Waals surface area contributed by atoms with Crippen molar-refractivity contribution >= 4 is 22.5 Å². The van der Waals surface area contributed by atoms with Gasteiger partial charge in [-0.2, -0.15) is 18.2 Å². The first-order chi connectivity index (χ1) is 20.9. The topological polar surface area (TPSA) is 96.4 Å². The van der Waals surface area contributed by atoms with Crippen molar-refractivity contribution in [2.24, 2.45) is 0 Å². The molecule has 2 aliphatic rings. The van der Waals surface area contributed by atoms with E-state index in [0.29, 0.717) is 35.1 Å². The van der Waals surface area contributed by atoms with Crippen LogP contribution in [-0.4, -0.2) is 94.1 Å². The molecule has 4 aromatic rings. The Labute approximate surface area is 252 Å². The molecule has 3 aromatic heterocycles. The van der Waals surface area contributed by atoms with Crippen LogP contribution in [0.4, 0.5) is 23.2 Å². The molecule has 1 aliphatic heterocycles. The van der Waals surface area contributed by atoms with E-state index in [4.69, 9.17) is 4.52 Å². The van der Waals surface area contributed by atoms with Gasteiger partial charge in [-0.15, -0.1) is 0 Å². The van der Waals surface area contributed by atoms with Crippen molar-refractivity contribution in [3.05, 3.63) is 54.2 Å². The number of halogens is 4. The van der Waals surface area contributed by atoms with Crippen LogP contribution in [0.25, 0.3) is 22.4 Å². The molecule has 2 atom stereocenters. The number of anilines is 1. The predicted octanol–water partition coefficient (Wildman–Crippen LogP) is 4.49. The van der Waals surface area contributed by atoms with Gasteiger partial charge in [-0.1, -0.05) is 11.2 Å². The van der Waals surface area contributed by atoms with Crippen molar-refractivity contribution in [3.63, 3.8) is 0 Å². The number of piperidine rings is 1. The summed E-state index contributed by atoms with van der Waals surface area (Å²) in [5.41, 5.74) is 1.43. The molecule has 6 rings (SSSR count). The van der Waals surface area contributed by atoms with Crippen LogP contribution in [0.3, 0.4) is 0 Å². The van der Waals surface area contributed by atoms with Gasteiger partial charge in [-0.3, -0.25) is 4.79 Å². The SMILES string of the molecule is CN(C)CC1(n2ccc(C(=O)NCc3nc(-c4cc5c(N[C@@H]6CCN(C)C[C@@H]6F)cccc5n4CC(F)(F)F)no3)c2)CC1. The van der Waals surface area contributed by atoms with Crippen LogP contribution < -0.4 is 10.6 Å². The molecular weight excluding hydrogens is 580 g/mol. The smallest absolute Gasteiger partial charge is 0.379 e. The van der Waals surface area contributed by atoms with E-state index in [2.05, 4.69) is 30.2 Å². The molecule has 2 fully saturated rings. The van der Waals surface area contributed by atoms with Gasteiger partial charge in [-0.25, -0.2) is 4.39 Å². The highest BCUT2D eigenvalue weighted by atomic mass is 19.4. The number of hydrogen-bond acceptors (Lipinski definition) is 7. The number of rotatable bonds is 10. The Balaban J connectivity index is 1.21. The predicted molar refractivity (Wildman–Crippen MR) is 157 cm³/mol. The largest absolute Gasteiger partial charge is 0.406 e. The number of likely N-dealkylation sites (N-methyl/N-ethyl adjacent to an activating group) is 1. The zero-order valence-electron chi connectivity index (χ0n) is 24.9. The minimum atomic E-state index is -4.52. The molecule has 0 unspecified atom stereocenters. The number of benzene rings is 1. The third kappa shape index (κ3) is 6.32. The van der Waals surface area contributed by atoms with Gasteiger partial charge in [0.15, 0.2) is 0 Å². The fourth-order valence-corrected chi connectivity index (χ4v) is 6.11. The number of carbonyl (C=O) groups excluding carboxylic acids is 1. The molecule has 0 radical (unpaired) electrons. The Morgan fingerprint density at radius 3 is 2.73 bits per heavy atom. The number of likely N-dealkylation sites (tertiary alicyclic amines) is 1. The zero-order valence-corrected chi connectivity index (χ0v) is 24.9. The molecule has 10 nitrogen and oxygen atoms in total. The van der Waals surface area contributed by atoms with Crippen LogP contribution in [0, 0.1) is 0 Å². The van der Waals surface area contributed by atoms with Crippen LogP contribution in [0.2, 0.25) is 0 Å². The minimum Gasteiger partial charge on any atom is -0.379 e. The molecule has 1 aromatic carbocycles. The minimum absolute atomic E-state index is 0.00831. The summed E-state index contributed by atoms with van der Waals surface area (Å²) < 4.78 is 64.4. The highest BCUT2D eigenvalue weighted by molar-refractivity contribution is 5.96. The van der Waals surface area contributed by atoms with Crippen LogP contribution in [0.1, 0.15) is 35.5 Å². The van der Waals surface area contributed by atoms with E-state index >= 15 is 0 Å². The molecule has 0 bridgehead atoms. The Morgan fingerprint density at radius 2 is 2.02 bits per heavy atom.